The van der Waals surface area contributed by atoms with Gasteiger partial charge in [0.15, 0.2) is 22.7 Å². The highest BCUT2D eigenvalue weighted by molar-refractivity contribution is 5.77. The lowest BCUT2D eigenvalue weighted by Gasteiger charge is -2.24. The monoisotopic (exact) mass is 454 g/mol. The molecule has 9 heteroatoms. The summed E-state index contributed by atoms with van der Waals surface area (Å²) < 4.78 is 21.5. The predicted octanol–water partition coefficient (Wildman–Crippen LogP) is 2.67. The normalized spacial score (nSPS) is 14.9. The molecule has 1 aliphatic rings. The Morgan fingerprint density at radius 2 is 1.82 bits per heavy atom. The minimum absolute atomic E-state index is 0.123. The molecule has 0 spiro atoms. The second-order valence-corrected chi connectivity index (χ2v) is 7.95. The van der Waals surface area contributed by atoms with Crippen molar-refractivity contribution >= 4 is 23.3 Å². The van der Waals surface area contributed by atoms with Gasteiger partial charge in [0.2, 0.25) is 0 Å². The summed E-state index contributed by atoms with van der Waals surface area (Å²) in [5.74, 6) is 1.94. The maximum atomic E-state index is 12.9. The number of methoxy groups -OCH3 is 1. The maximum absolute atomic E-state index is 12.9. The van der Waals surface area contributed by atoms with E-state index in [0.717, 1.165) is 18.4 Å². The molecule has 4 rings (SSSR count). The number of nitrogens with zero attached hydrogens (tertiary/aromatic N) is 4. The number of aryl methyl sites for hydroxylation is 2. The Labute approximate surface area is 191 Å². The highest BCUT2D eigenvalue weighted by Crippen LogP contribution is 2.31. The minimum Gasteiger partial charge on any atom is -0.493 e. The van der Waals surface area contributed by atoms with Crippen molar-refractivity contribution in [3.8, 4) is 11.5 Å². The first-order valence-corrected chi connectivity index (χ1v) is 11.3. The molecule has 176 valence electrons. The molecule has 1 aromatic carbocycles. The van der Waals surface area contributed by atoms with Crippen molar-refractivity contribution in [3.05, 3.63) is 50.4 Å². The van der Waals surface area contributed by atoms with E-state index in [1.165, 1.54) is 9.13 Å². The van der Waals surface area contributed by atoms with Gasteiger partial charge in [0, 0.05) is 33.0 Å². The molecular formula is C24H30N4O5. The van der Waals surface area contributed by atoms with Gasteiger partial charge >= 0.3 is 5.69 Å². The summed E-state index contributed by atoms with van der Waals surface area (Å²) in [6.07, 6.45) is 5.57. The molecular weight excluding hydrogens is 424 g/mol. The van der Waals surface area contributed by atoms with Gasteiger partial charge in [-0.2, -0.15) is 0 Å². The maximum Gasteiger partial charge on any atom is 0.332 e. The van der Waals surface area contributed by atoms with Crippen LogP contribution in [0.4, 0.5) is 0 Å². The van der Waals surface area contributed by atoms with Crippen molar-refractivity contribution in [3.63, 3.8) is 0 Å². The van der Waals surface area contributed by atoms with Gasteiger partial charge in [-0.3, -0.25) is 13.9 Å². The second-order valence-electron chi connectivity index (χ2n) is 7.95. The predicted molar refractivity (Wildman–Crippen MR) is 127 cm³/mol. The quantitative estimate of drug-likeness (QED) is 0.545. The van der Waals surface area contributed by atoms with Crippen molar-refractivity contribution in [2.75, 3.05) is 20.3 Å². The van der Waals surface area contributed by atoms with Crippen molar-refractivity contribution in [1.29, 1.82) is 0 Å². The van der Waals surface area contributed by atoms with E-state index in [-0.39, 0.29) is 17.4 Å². The summed E-state index contributed by atoms with van der Waals surface area (Å²) in [5.41, 5.74) is 1.05. The lowest BCUT2D eigenvalue weighted by Crippen LogP contribution is -2.39. The molecule has 0 radical (unpaired) electrons. The largest absolute Gasteiger partial charge is 0.493 e. The van der Waals surface area contributed by atoms with Crippen LogP contribution < -0.4 is 20.7 Å². The number of hydrogen-bond acceptors (Lipinski definition) is 6. The lowest BCUT2D eigenvalue weighted by molar-refractivity contribution is 0.0245. The summed E-state index contributed by atoms with van der Waals surface area (Å²) >= 11 is 0. The van der Waals surface area contributed by atoms with Crippen molar-refractivity contribution < 1.29 is 14.2 Å². The molecule has 0 aliphatic carbocycles. The van der Waals surface area contributed by atoms with E-state index in [1.54, 1.807) is 25.6 Å². The number of rotatable bonds is 7. The molecule has 1 aliphatic heterocycles. The first kappa shape index (κ1) is 22.8. The summed E-state index contributed by atoms with van der Waals surface area (Å²) in [4.78, 5) is 30.1. The number of imidazole rings is 1. The van der Waals surface area contributed by atoms with E-state index >= 15 is 0 Å². The van der Waals surface area contributed by atoms with E-state index < -0.39 is 0 Å². The Morgan fingerprint density at radius 3 is 2.48 bits per heavy atom. The van der Waals surface area contributed by atoms with Gasteiger partial charge in [0.1, 0.15) is 11.9 Å². The zero-order valence-corrected chi connectivity index (χ0v) is 19.5. The Bertz CT molecular complexity index is 1290. The zero-order valence-electron chi connectivity index (χ0n) is 19.5. The van der Waals surface area contributed by atoms with Crippen LogP contribution in [0.25, 0.3) is 23.3 Å². The first-order valence-electron chi connectivity index (χ1n) is 11.3. The smallest absolute Gasteiger partial charge is 0.332 e. The van der Waals surface area contributed by atoms with Crippen LogP contribution in [0, 0.1) is 0 Å². The molecule has 0 amide bonds. The van der Waals surface area contributed by atoms with Crippen LogP contribution in [0.15, 0.2) is 27.8 Å². The topological polar surface area (TPSA) is 89.5 Å². The minimum atomic E-state index is -0.337. The molecule has 0 saturated carbocycles. The van der Waals surface area contributed by atoms with Crippen LogP contribution in [-0.4, -0.2) is 45.1 Å². The van der Waals surface area contributed by atoms with Gasteiger partial charge in [0.05, 0.1) is 20.3 Å². The van der Waals surface area contributed by atoms with Gasteiger partial charge < -0.3 is 18.8 Å². The number of hydrogen-bond donors (Lipinski definition) is 0. The second kappa shape index (κ2) is 9.66. The van der Waals surface area contributed by atoms with Gasteiger partial charge in [-0.15, -0.1) is 0 Å². The Kier molecular flexibility index (Phi) is 6.69. The van der Waals surface area contributed by atoms with Crippen LogP contribution in [0.1, 0.15) is 38.1 Å². The van der Waals surface area contributed by atoms with Crippen molar-refractivity contribution in [1.82, 2.24) is 18.7 Å². The summed E-state index contributed by atoms with van der Waals surface area (Å²) in [6.45, 7) is 5.82. The molecule has 2 aromatic heterocycles. The van der Waals surface area contributed by atoms with Crippen molar-refractivity contribution in [2.45, 2.75) is 45.9 Å². The molecule has 0 N–H and O–H groups in total. The van der Waals surface area contributed by atoms with E-state index in [1.807, 2.05) is 37.3 Å². The zero-order chi connectivity index (χ0) is 23.5. The van der Waals surface area contributed by atoms with E-state index in [2.05, 4.69) is 4.98 Å². The Balaban J connectivity index is 1.67. The van der Waals surface area contributed by atoms with Gasteiger partial charge in [-0.25, -0.2) is 9.78 Å². The fourth-order valence-electron chi connectivity index (χ4n) is 4.12. The van der Waals surface area contributed by atoms with E-state index in [0.29, 0.717) is 54.8 Å². The average molecular weight is 455 g/mol. The standard InChI is InChI=1S/C24H30N4O5/c1-5-27-22-21(23(29)28(6-2)24(27)30)26(3)20(25-22)10-8-16-7-9-18(19(15-16)31-4)33-17-11-13-32-14-12-17/h7-10,15,17H,5-6,11-14H2,1-4H3/b10-8+. The van der Waals surface area contributed by atoms with E-state index in [4.69, 9.17) is 14.2 Å². The number of aromatic nitrogens is 4. The summed E-state index contributed by atoms with van der Waals surface area (Å²) in [7, 11) is 3.40. The average Bonchev–Trinajstić information content (AvgIpc) is 3.15. The van der Waals surface area contributed by atoms with Gasteiger partial charge in [-0.05, 0) is 37.6 Å². The fourth-order valence-corrected chi connectivity index (χ4v) is 4.12. The highest BCUT2D eigenvalue weighted by atomic mass is 16.5. The molecule has 9 nitrogen and oxygen atoms in total. The third-order valence-corrected chi connectivity index (χ3v) is 5.98. The first-order chi connectivity index (χ1) is 16.0. The molecule has 0 unspecified atom stereocenters. The van der Waals surface area contributed by atoms with Crippen LogP contribution in [0.3, 0.4) is 0 Å². The Morgan fingerprint density at radius 1 is 1.09 bits per heavy atom. The molecule has 0 bridgehead atoms. The summed E-state index contributed by atoms with van der Waals surface area (Å²) in [6, 6.07) is 5.75. The van der Waals surface area contributed by atoms with Gasteiger partial charge in [0.25, 0.3) is 5.56 Å². The molecule has 3 aromatic rings. The van der Waals surface area contributed by atoms with E-state index in [9.17, 15) is 9.59 Å². The molecule has 1 saturated heterocycles. The van der Waals surface area contributed by atoms with Crippen LogP contribution in [0.5, 0.6) is 11.5 Å². The highest BCUT2D eigenvalue weighted by Gasteiger charge is 2.19. The fraction of sp³-hybridized carbons (Fsp3) is 0.458. The van der Waals surface area contributed by atoms with Crippen LogP contribution in [-0.2, 0) is 24.9 Å². The lowest BCUT2D eigenvalue weighted by atomic mass is 10.1. The number of ether oxygens (including phenoxy) is 3. The van der Waals surface area contributed by atoms with Crippen LogP contribution in [0.2, 0.25) is 0 Å². The SMILES string of the molecule is CCn1c(=O)c2c(nc(/C=C/c3ccc(OC4CCOCC4)c(OC)c3)n2C)n(CC)c1=O. The number of benzene rings is 1. The van der Waals surface area contributed by atoms with Crippen LogP contribution >= 0.6 is 0 Å². The third-order valence-electron chi connectivity index (χ3n) is 5.98. The van der Waals surface area contributed by atoms with Crippen molar-refractivity contribution in [2.24, 2.45) is 7.05 Å². The Hall–Kier alpha value is -3.33. The summed E-state index contributed by atoms with van der Waals surface area (Å²) in [5, 5.41) is 0. The molecule has 1 fully saturated rings. The molecule has 3 heterocycles. The third kappa shape index (κ3) is 4.32. The number of fused-ring (bicyclic) bond motifs is 1. The van der Waals surface area contributed by atoms with Gasteiger partial charge in [-0.1, -0.05) is 12.1 Å². The molecule has 33 heavy (non-hydrogen) atoms. The molecule has 0 atom stereocenters.